The Labute approximate surface area is 135 Å². The normalized spacial score (nSPS) is 14.9. The molecule has 0 heterocycles. The number of carboxylic acid groups (broad SMARTS) is 1. The number of carboxylic acids is 1. The van der Waals surface area contributed by atoms with E-state index >= 15 is 0 Å². The summed E-state index contributed by atoms with van der Waals surface area (Å²) in [6.45, 7) is 4.71. The zero-order valence-electron chi connectivity index (χ0n) is 13.5. The Bertz CT molecular complexity index is 568. The second-order valence-corrected chi connectivity index (χ2v) is 5.54. The van der Waals surface area contributed by atoms with Gasteiger partial charge in [0.05, 0.1) is 19.6 Å². The number of aliphatic carboxylic acids is 1. The van der Waals surface area contributed by atoms with Crippen LogP contribution in [0.15, 0.2) is 18.2 Å². The van der Waals surface area contributed by atoms with E-state index in [1.807, 2.05) is 13.8 Å². The number of benzene rings is 1. The topological polar surface area (TPSA) is 84.9 Å². The number of ether oxygens (including phenoxy) is 2. The second-order valence-electron chi connectivity index (χ2n) is 5.54. The van der Waals surface area contributed by atoms with Gasteiger partial charge in [0.2, 0.25) is 0 Å². The van der Waals surface area contributed by atoms with Gasteiger partial charge in [-0.15, -0.1) is 0 Å². The monoisotopic (exact) mass is 321 g/mol. The average molecular weight is 321 g/mol. The van der Waals surface area contributed by atoms with Crippen molar-refractivity contribution in [1.82, 2.24) is 5.32 Å². The maximum Gasteiger partial charge on any atom is 0.305 e. The molecule has 0 radical (unpaired) electrons. The van der Waals surface area contributed by atoms with E-state index in [9.17, 15) is 9.59 Å². The second kappa shape index (κ2) is 7.85. The van der Waals surface area contributed by atoms with Gasteiger partial charge in [0.25, 0.3) is 5.91 Å². The molecule has 0 saturated heterocycles. The van der Waals surface area contributed by atoms with Crippen molar-refractivity contribution < 1.29 is 24.2 Å². The zero-order chi connectivity index (χ0) is 16.8. The van der Waals surface area contributed by atoms with Gasteiger partial charge >= 0.3 is 5.97 Å². The van der Waals surface area contributed by atoms with Gasteiger partial charge in [-0.1, -0.05) is 0 Å². The molecule has 126 valence electrons. The highest BCUT2D eigenvalue weighted by Gasteiger charge is 2.34. The summed E-state index contributed by atoms with van der Waals surface area (Å²) in [5.41, 5.74) is 0.438. The summed E-state index contributed by atoms with van der Waals surface area (Å²) in [6.07, 6.45) is 1.88. The first-order valence-electron chi connectivity index (χ1n) is 7.97. The highest BCUT2D eigenvalue weighted by Crippen LogP contribution is 2.34. The van der Waals surface area contributed by atoms with E-state index < -0.39 is 5.97 Å². The lowest BCUT2D eigenvalue weighted by molar-refractivity contribution is -0.137. The molecular formula is C17H23NO5. The molecule has 1 aliphatic rings. The van der Waals surface area contributed by atoms with E-state index in [1.165, 1.54) is 0 Å². The fraction of sp³-hybridized carbons (Fsp3) is 0.529. The highest BCUT2D eigenvalue weighted by molar-refractivity contribution is 5.95. The number of nitrogens with one attached hydrogen (secondary N) is 1. The number of carbonyl (C=O) groups excluding carboxylic acids is 1. The van der Waals surface area contributed by atoms with Crippen LogP contribution in [-0.2, 0) is 4.79 Å². The Morgan fingerprint density at radius 2 is 1.87 bits per heavy atom. The first kappa shape index (κ1) is 17.1. The summed E-state index contributed by atoms with van der Waals surface area (Å²) < 4.78 is 11.0. The molecule has 1 aromatic carbocycles. The molecule has 0 spiro atoms. The Hall–Kier alpha value is -2.24. The summed E-state index contributed by atoms with van der Waals surface area (Å²) in [5, 5.41) is 11.8. The zero-order valence-corrected chi connectivity index (χ0v) is 13.5. The van der Waals surface area contributed by atoms with Gasteiger partial charge in [-0.05, 0) is 50.8 Å². The molecule has 2 N–H and O–H groups in total. The molecule has 6 heteroatoms. The van der Waals surface area contributed by atoms with Crippen molar-refractivity contribution in [3.05, 3.63) is 23.8 Å². The number of carbonyl (C=O) groups is 2. The predicted octanol–water partition coefficient (Wildman–Crippen LogP) is 2.47. The molecule has 1 amide bonds. The van der Waals surface area contributed by atoms with Crippen LogP contribution in [0.25, 0.3) is 0 Å². The van der Waals surface area contributed by atoms with Gasteiger partial charge < -0.3 is 19.9 Å². The number of amides is 1. The summed E-state index contributed by atoms with van der Waals surface area (Å²) in [6, 6.07) is 4.68. The van der Waals surface area contributed by atoms with Crippen LogP contribution >= 0.6 is 0 Å². The Balaban J connectivity index is 2.11. The van der Waals surface area contributed by atoms with Crippen LogP contribution in [0.3, 0.4) is 0 Å². The predicted molar refractivity (Wildman–Crippen MR) is 85.0 cm³/mol. The summed E-state index contributed by atoms with van der Waals surface area (Å²) in [7, 11) is 0. The largest absolute Gasteiger partial charge is 0.490 e. The van der Waals surface area contributed by atoms with Crippen LogP contribution in [0.2, 0.25) is 0 Å². The molecular weight excluding hydrogens is 298 g/mol. The van der Waals surface area contributed by atoms with Gasteiger partial charge in [0.15, 0.2) is 11.5 Å². The van der Waals surface area contributed by atoms with E-state index in [2.05, 4.69) is 5.32 Å². The van der Waals surface area contributed by atoms with Gasteiger partial charge in [-0.3, -0.25) is 9.59 Å². The van der Waals surface area contributed by atoms with Crippen molar-refractivity contribution in [2.75, 3.05) is 13.2 Å². The van der Waals surface area contributed by atoms with E-state index in [1.54, 1.807) is 18.2 Å². The number of hydrogen-bond acceptors (Lipinski definition) is 4. The third-order valence-electron chi connectivity index (χ3n) is 3.71. The number of rotatable bonds is 9. The van der Waals surface area contributed by atoms with Gasteiger partial charge in [-0.2, -0.15) is 0 Å². The minimum absolute atomic E-state index is 0.0498. The van der Waals surface area contributed by atoms with Crippen molar-refractivity contribution >= 4 is 11.9 Å². The maximum atomic E-state index is 12.4. The molecule has 1 saturated carbocycles. The van der Waals surface area contributed by atoms with Crippen molar-refractivity contribution in [1.29, 1.82) is 0 Å². The Morgan fingerprint density at radius 1 is 1.22 bits per heavy atom. The lowest BCUT2D eigenvalue weighted by Gasteiger charge is -2.17. The van der Waals surface area contributed by atoms with Crippen LogP contribution in [0.1, 0.15) is 43.5 Å². The standard InChI is InChI=1S/C17H23NO5/c1-3-22-14-8-7-12(9-15(14)23-4-2)17(21)18-13(10-16(19)20)11-5-6-11/h7-9,11,13H,3-6,10H2,1-2H3,(H,18,21)(H,19,20)/t13-/m0/s1. The van der Waals surface area contributed by atoms with Crippen molar-refractivity contribution in [3.63, 3.8) is 0 Å². The summed E-state index contributed by atoms with van der Waals surface area (Å²) in [5.74, 6) is 0.193. The molecule has 1 aliphatic carbocycles. The molecule has 1 atom stereocenters. The van der Waals surface area contributed by atoms with E-state index in [4.69, 9.17) is 14.6 Å². The fourth-order valence-corrected chi connectivity index (χ4v) is 2.47. The first-order chi connectivity index (χ1) is 11.0. The third-order valence-corrected chi connectivity index (χ3v) is 3.71. The molecule has 23 heavy (non-hydrogen) atoms. The number of hydrogen-bond donors (Lipinski definition) is 2. The highest BCUT2D eigenvalue weighted by atomic mass is 16.5. The molecule has 0 aromatic heterocycles. The van der Waals surface area contributed by atoms with Crippen LogP contribution in [-0.4, -0.2) is 36.2 Å². The lowest BCUT2D eigenvalue weighted by atomic mass is 10.1. The third kappa shape index (κ3) is 4.87. The van der Waals surface area contributed by atoms with Gasteiger partial charge in [0, 0.05) is 11.6 Å². The molecule has 2 rings (SSSR count). The van der Waals surface area contributed by atoms with Crippen LogP contribution < -0.4 is 14.8 Å². The molecule has 6 nitrogen and oxygen atoms in total. The quantitative estimate of drug-likeness (QED) is 0.730. The lowest BCUT2D eigenvalue weighted by Crippen LogP contribution is -2.38. The van der Waals surface area contributed by atoms with Gasteiger partial charge in [0.1, 0.15) is 0 Å². The molecule has 1 fully saturated rings. The molecule has 0 bridgehead atoms. The average Bonchev–Trinajstić information content (AvgIpc) is 3.33. The molecule has 1 aromatic rings. The van der Waals surface area contributed by atoms with E-state index in [0.717, 1.165) is 12.8 Å². The van der Waals surface area contributed by atoms with Crippen molar-refractivity contribution in [3.8, 4) is 11.5 Å². The SMILES string of the molecule is CCOc1ccc(C(=O)N[C@@H](CC(=O)O)C2CC2)cc1OCC. The van der Waals surface area contributed by atoms with Crippen LogP contribution in [0.5, 0.6) is 11.5 Å². The maximum absolute atomic E-state index is 12.4. The molecule has 0 aliphatic heterocycles. The van der Waals surface area contributed by atoms with Crippen LogP contribution in [0.4, 0.5) is 0 Å². The summed E-state index contributed by atoms with van der Waals surface area (Å²) >= 11 is 0. The Kier molecular flexibility index (Phi) is 5.84. The molecule has 0 unspecified atom stereocenters. The minimum Gasteiger partial charge on any atom is -0.490 e. The van der Waals surface area contributed by atoms with E-state index in [-0.39, 0.29) is 24.3 Å². The van der Waals surface area contributed by atoms with Gasteiger partial charge in [-0.25, -0.2) is 0 Å². The first-order valence-corrected chi connectivity index (χ1v) is 7.97. The fourth-order valence-electron chi connectivity index (χ4n) is 2.47. The smallest absolute Gasteiger partial charge is 0.305 e. The summed E-state index contributed by atoms with van der Waals surface area (Å²) in [4.78, 5) is 23.3. The van der Waals surface area contributed by atoms with Crippen molar-refractivity contribution in [2.24, 2.45) is 5.92 Å². The van der Waals surface area contributed by atoms with Crippen LogP contribution in [0, 0.1) is 5.92 Å². The van der Waals surface area contributed by atoms with E-state index in [0.29, 0.717) is 30.3 Å². The minimum atomic E-state index is -0.899. The van der Waals surface area contributed by atoms with Crippen molar-refractivity contribution in [2.45, 2.75) is 39.2 Å². The Morgan fingerprint density at radius 3 is 2.43 bits per heavy atom.